The van der Waals surface area contributed by atoms with Crippen molar-refractivity contribution in [3.05, 3.63) is 65.7 Å². The van der Waals surface area contributed by atoms with Gasteiger partial charge >= 0.3 is 6.18 Å². The average Bonchev–Trinajstić information content (AvgIpc) is 3.09. The lowest BCUT2D eigenvalue weighted by Gasteiger charge is -2.18. The summed E-state index contributed by atoms with van der Waals surface area (Å²) < 4.78 is 65.4. The molecule has 146 valence electrons. The van der Waals surface area contributed by atoms with Crippen molar-refractivity contribution in [2.45, 2.75) is 18.3 Å². The van der Waals surface area contributed by atoms with Crippen LogP contribution in [0.2, 0.25) is 0 Å². The summed E-state index contributed by atoms with van der Waals surface area (Å²) in [6.45, 7) is 1.88. The lowest BCUT2D eigenvalue weighted by molar-refractivity contribution is -0.137. The molecule has 1 aliphatic rings. The Balaban J connectivity index is 1.55. The molecular formula is C19H21F3N2O2S. The summed E-state index contributed by atoms with van der Waals surface area (Å²) >= 11 is 0. The molecule has 1 N–H and O–H groups in total. The molecule has 0 saturated carbocycles. The third-order valence-electron chi connectivity index (χ3n) is 4.61. The summed E-state index contributed by atoms with van der Waals surface area (Å²) in [7, 11) is -3.70. The SMILES string of the molecule is O=S(=O)(Cc1cccc(C(F)(F)F)c1)NCC1CCN(c2ccccc2)C1. The maximum Gasteiger partial charge on any atom is 0.416 e. The highest BCUT2D eigenvalue weighted by atomic mass is 32.2. The molecule has 1 atom stereocenters. The monoisotopic (exact) mass is 398 g/mol. The van der Waals surface area contributed by atoms with Gasteiger partial charge in [-0.15, -0.1) is 0 Å². The molecule has 1 saturated heterocycles. The number of para-hydroxylation sites is 1. The molecule has 0 aromatic heterocycles. The van der Waals surface area contributed by atoms with E-state index in [-0.39, 0.29) is 18.0 Å². The van der Waals surface area contributed by atoms with E-state index in [9.17, 15) is 21.6 Å². The molecule has 2 aromatic rings. The van der Waals surface area contributed by atoms with Crippen LogP contribution in [0.25, 0.3) is 0 Å². The molecule has 0 bridgehead atoms. The molecule has 8 heteroatoms. The topological polar surface area (TPSA) is 49.4 Å². The number of nitrogens with zero attached hydrogens (tertiary/aromatic N) is 1. The Hall–Kier alpha value is -2.06. The van der Waals surface area contributed by atoms with Crippen molar-refractivity contribution in [1.82, 2.24) is 4.72 Å². The number of sulfonamides is 1. The van der Waals surface area contributed by atoms with E-state index in [1.807, 2.05) is 30.3 Å². The minimum absolute atomic E-state index is 0.120. The first-order valence-electron chi connectivity index (χ1n) is 8.66. The van der Waals surface area contributed by atoms with E-state index in [1.165, 1.54) is 12.1 Å². The van der Waals surface area contributed by atoms with Gasteiger partial charge in [0.25, 0.3) is 0 Å². The Kier molecular flexibility index (Phi) is 5.76. The largest absolute Gasteiger partial charge is 0.416 e. The molecule has 1 fully saturated rings. The van der Waals surface area contributed by atoms with Crippen LogP contribution in [0, 0.1) is 5.92 Å². The first kappa shape index (κ1) is 19.7. The second kappa shape index (κ2) is 7.90. The Morgan fingerprint density at radius 3 is 2.52 bits per heavy atom. The van der Waals surface area contributed by atoms with E-state index in [4.69, 9.17) is 0 Å². The number of anilines is 1. The van der Waals surface area contributed by atoms with Crippen molar-refractivity contribution < 1.29 is 21.6 Å². The van der Waals surface area contributed by atoms with Crippen molar-refractivity contribution in [3.63, 3.8) is 0 Å². The van der Waals surface area contributed by atoms with Crippen LogP contribution >= 0.6 is 0 Å². The van der Waals surface area contributed by atoms with E-state index >= 15 is 0 Å². The Morgan fingerprint density at radius 2 is 1.81 bits per heavy atom. The molecule has 4 nitrogen and oxygen atoms in total. The molecule has 1 heterocycles. The number of rotatable bonds is 6. The highest BCUT2D eigenvalue weighted by Crippen LogP contribution is 2.30. The van der Waals surface area contributed by atoms with Crippen LogP contribution in [-0.4, -0.2) is 28.1 Å². The molecule has 0 amide bonds. The summed E-state index contributed by atoms with van der Waals surface area (Å²) in [6, 6.07) is 14.3. The molecule has 27 heavy (non-hydrogen) atoms. The standard InChI is InChI=1S/C19H21F3N2O2S/c20-19(21,22)17-6-4-5-15(11-17)14-27(25,26)23-12-16-9-10-24(13-16)18-7-2-1-3-8-18/h1-8,11,16,23H,9-10,12-14H2. The van der Waals surface area contributed by atoms with Gasteiger partial charge in [0, 0.05) is 25.3 Å². The van der Waals surface area contributed by atoms with Gasteiger partial charge in [0.05, 0.1) is 11.3 Å². The van der Waals surface area contributed by atoms with Gasteiger partial charge in [0.15, 0.2) is 0 Å². The first-order valence-corrected chi connectivity index (χ1v) is 10.3. The molecule has 2 aromatic carbocycles. The third kappa shape index (κ3) is 5.46. The van der Waals surface area contributed by atoms with Gasteiger partial charge < -0.3 is 4.90 Å². The highest BCUT2D eigenvalue weighted by Gasteiger charge is 2.31. The second-order valence-electron chi connectivity index (χ2n) is 6.74. The van der Waals surface area contributed by atoms with Crippen molar-refractivity contribution in [2.75, 3.05) is 24.5 Å². The van der Waals surface area contributed by atoms with Crippen molar-refractivity contribution >= 4 is 15.7 Å². The number of benzene rings is 2. The van der Waals surface area contributed by atoms with Crippen LogP contribution in [0.4, 0.5) is 18.9 Å². The van der Waals surface area contributed by atoms with Crippen LogP contribution in [0.1, 0.15) is 17.5 Å². The molecule has 0 radical (unpaired) electrons. The quantitative estimate of drug-likeness (QED) is 0.808. The van der Waals surface area contributed by atoms with Crippen LogP contribution < -0.4 is 9.62 Å². The number of halogens is 3. The van der Waals surface area contributed by atoms with Crippen molar-refractivity contribution in [1.29, 1.82) is 0 Å². The van der Waals surface area contributed by atoms with Crippen LogP contribution in [0.15, 0.2) is 54.6 Å². The molecule has 0 aliphatic carbocycles. The van der Waals surface area contributed by atoms with Crippen molar-refractivity contribution in [2.24, 2.45) is 5.92 Å². The number of nitrogens with one attached hydrogen (secondary N) is 1. The van der Waals surface area contributed by atoms with Gasteiger partial charge in [-0.2, -0.15) is 13.2 Å². The van der Waals surface area contributed by atoms with Gasteiger partial charge in [0.1, 0.15) is 0 Å². The van der Waals surface area contributed by atoms with Crippen LogP contribution in [0.5, 0.6) is 0 Å². The average molecular weight is 398 g/mol. The number of hydrogen-bond donors (Lipinski definition) is 1. The fraction of sp³-hybridized carbons (Fsp3) is 0.368. The zero-order valence-electron chi connectivity index (χ0n) is 14.6. The van der Waals surface area contributed by atoms with Gasteiger partial charge in [-0.25, -0.2) is 13.1 Å². The third-order valence-corrected chi connectivity index (χ3v) is 5.93. The molecule has 0 spiro atoms. The van der Waals surface area contributed by atoms with E-state index in [2.05, 4.69) is 9.62 Å². The lowest BCUT2D eigenvalue weighted by Crippen LogP contribution is -2.32. The fourth-order valence-electron chi connectivity index (χ4n) is 3.23. The molecule has 1 unspecified atom stereocenters. The Bertz CT molecular complexity index is 870. The van der Waals surface area contributed by atoms with Crippen LogP contribution in [0.3, 0.4) is 0 Å². The summed E-state index contributed by atoms with van der Waals surface area (Å²) in [5, 5.41) is 0. The zero-order chi connectivity index (χ0) is 19.5. The van der Waals surface area contributed by atoms with Crippen molar-refractivity contribution in [3.8, 4) is 0 Å². The van der Waals surface area contributed by atoms with Gasteiger partial charge in [-0.3, -0.25) is 0 Å². The summed E-state index contributed by atoms with van der Waals surface area (Å²) in [5.74, 6) is -0.298. The number of hydrogen-bond acceptors (Lipinski definition) is 3. The predicted octanol–water partition coefficient (Wildman–Crippen LogP) is 3.65. The summed E-state index contributed by atoms with van der Waals surface area (Å²) in [4.78, 5) is 2.20. The van der Waals surface area contributed by atoms with E-state index in [0.717, 1.165) is 37.3 Å². The Labute approximate surface area is 157 Å². The smallest absolute Gasteiger partial charge is 0.371 e. The lowest BCUT2D eigenvalue weighted by atomic mass is 10.1. The maximum atomic E-state index is 12.8. The number of alkyl halides is 3. The zero-order valence-corrected chi connectivity index (χ0v) is 15.4. The Morgan fingerprint density at radius 1 is 1.07 bits per heavy atom. The summed E-state index contributed by atoms with van der Waals surface area (Å²) in [6.07, 6.45) is -3.63. The minimum Gasteiger partial charge on any atom is -0.371 e. The normalized spacial score (nSPS) is 18.0. The highest BCUT2D eigenvalue weighted by molar-refractivity contribution is 7.88. The minimum atomic E-state index is -4.49. The molecule has 3 rings (SSSR count). The van der Waals surface area contributed by atoms with Crippen LogP contribution in [-0.2, 0) is 22.0 Å². The molecule has 1 aliphatic heterocycles. The van der Waals surface area contributed by atoms with Gasteiger partial charge in [-0.05, 0) is 36.1 Å². The van der Waals surface area contributed by atoms with E-state index in [1.54, 1.807) is 0 Å². The van der Waals surface area contributed by atoms with Gasteiger partial charge in [0.2, 0.25) is 10.0 Å². The van der Waals surface area contributed by atoms with E-state index in [0.29, 0.717) is 0 Å². The van der Waals surface area contributed by atoms with Gasteiger partial charge in [-0.1, -0.05) is 36.4 Å². The predicted molar refractivity (Wildman–Crippen MR) is 98.8 cm³/mol. The molecular weight excluding hydrogens is 377 g/mol. The first-order chi connectivity index (χ1) is 12.7. The van der Waals surface area contributed by atoms with E-state index < -0.39 is 27.5 Å². The summed E-state index contributed by atoms with van der Waals surface area (Å²) in [5.41, 5.74) is 0.381. The second-order valence-corrected chi connectivity index (χ2v) is 8.55. The maximum absolute atomic E-state index is 12.8. The fourth-order valence-corrected chi connectivity index (χ4v) is 4.44.